The number of carbonyl (C=O) groups is 1. The van der Waals surface area contributed by atoms with Gasteiger partial charge in [0, 0.05) is 6.54 Å². The van der Waals surface area contributed by atoms with Gasteiger partial charge in [0.2, 0.25) is 5.91 Å². The number of tetrazole rings is 1. The minimum Gasteiger partial charge on any atom is -0.457 e. The number of amides is 1. The molecule has 0 bridgehead atoms. The number of halogens is 1. The Balaban J connectivity index is 1.50. The van der Waals surface area contributed by atoms with Gasteiger partial charge in [0.1, 0.15) is 30.2 Å². The Kier molecular flexibility index (Phi) is 4.76. The van der Waals surface area contributed by atoms with Crippen molar-refractivity contribution in [2.24, 2.45) is 0 Å². The standard InChI is InChI=1S/C16H14FN5O2/c17-13-3-7-15(8-4-13)24-14-5-1-12(2-6-14)9-18-16(23)10-22-11-19-20-21-22/h1-8,11H,9-10H2,(H,18,23). The molecule has 1 amide bonds. The van der Waals surface area contributed by atoms with Crippen LogP contribution in [0.5, 0.6) is 11.5 Å². The lowest BCUT2D eigenvalue weighted by molar-refractivity contribution is -0.122. The SMILES string of the molecule is O=C(Cn1cnnn1)NCc1ccc(Oc2ccc(F)cc2)cc1. The topological polar surface area (TPSA) is 81.9 Å². The number of aromatic nitrogens is 4. The van der Waals surface area contributed by atoms with Crippen molar-refractivity contribution in [3.05, 3.63) is 66.2 Å². The third-order valence-corrected chi connectivity index (χ3v) is 3.16. The first-order chi connectivity index (χ1) is 11.7. The van der Waals surface area contributed by atoms with Gasteiger partial charge in [0.15, 0.2) is 0 Å². The van der Waals surface area contributed by atoms with Gasteiger partial charge in [0.05, 0.1) is 0 Å². The highest BCUT2D eigenvalue weighted by Gasteiger charge is 2.04. The van der Waals surface area contributed by atoms with Crippen LogP contribution in [-0.2, 0) is 17.9 Å². The Labute approximate surface area is 137 Å². The summed E-state index contributed by atoms with van der Waals surface area (Å²) in [5.74, 6) is 0.688. The molecule has 8 heteroatoms. The van der Waals surface area contributed by atoms with Crippen molar-refractivity contribution in [2.75, 3.05) is 0 Å². The summed E-state index contributed by atoms with van der Waals surface area (Å²) in [6, 6.07) is 13.0. The van der Waals surface area contributed by atoms with Crippen molar-refractivity contribution in [1.82, 2.24) is 25.5 Å². The van der Waals surface area contributed by atoms with Crippen LogP contribution in [0.15, 0.2) is 54.9 Å². The number of hydrogen-bond acceptors (Lipinski definition) is 5. The van der Waals surface area contributed by atoms with Gasteiger partial charge in [-0.2, -0.15) is 0 Å². The van der Waals surface area contributed by atoms with Gasteiger partial charge in [-0.1, -0.05) is 12.1 Å². The lowest BCUT2D eigenvalue weighted by Crippen LogP contribution is -2.27. The first-order valence-corrected chi connectivity index (χ1v) is 7.19. The minimum absolute atomic E-state index is 0.0682. The normalized spacial score (nSPS) is 10.4. The highest BCUT2D eigenvalue weighted by atomic mass is 19.1. The predicted octanol–water partition coefficient (Wildman–Crippen LogP) is 1.92. The van der Waals surface area contributed by atoms with E-state index in [1.54, 1.807) is 24.3 Å². The summed E-state index contributed by atoms with van der Waals surface area (Å²) in [6.07, 6.45) is 1.38. The number of nitrogens with zero attached hydrogens (tertiary/aromatic N) is 4. The second-order valence-electron chi connectivity index (χ2n) is 4.98. The average Bonchev–Trinajstić information content (AvgIpc) is 3.09. The zero-order valence-corrected chi connectivity index (χ0v) is 12.6. The van der Waals surface area contributed by atoms with Gasteiger partial charge in [-0.15, -0.1) is 5.10 Å². The molecule has 3 rings (SSSR count). The first-order valence-electron chi connectivity index (χ1n) is 7.19. The Hall–Kier alpha value is -3.29. The molecule has 0 saturated carbocycles. The summed E-state index contributed by atoms with van der Waals surface area (Å²) in [5.41, 5.74) is 0.923. The Morgan fingerprint density at radius 3 is 2.38 bits per heavy atom. The van der Waals surface area contributed by atoms with Gasteiger partial charge >= 0.3 is 0 Å². The van der Waals surface area contributed by atoms with Crippen molar-refractivity contribution in [2.45, 2.75) is 13.1 Å². The molecule has 0 unspecified atom stereocenters. The molecule has 24 heavy (non-hydrogen) atoms. The fourth-order valence-corrected chi connectivity index (χ4v) is 1.97. The van der Waals surface area contributed by atoms with Crippen LogP contribution < -0.4 is 10.1 Å². The maximum atomic E-state index is 12.8. The van der Waals surface area contributed by atoms with Crippen LogP contribution in [0.3, 0.4) is 0 Å². The summed E-state index contributed by atoms with van der Waals surface area (Å²) in [6.45, 7) is 0.455. The number of hydrogen-bond donors (Lipinski definition) is 1. The van der Waals surface area contributed by atoms with Gasteiger partial charge in [0.25, 0.3) is 0 Å². The number of nitrogens with one attached hydrogen (secondary N) is 1. The Morgan fingerprint density at radius 1 is 1.08 bits per heavy atom. The molecule has 3 aromatic rings. The molecule has 0 aliphatic rings. The molecule has 0 radical (unpaired) electrons. The molecule has 2 aromatic carbocycles. The first kappa shape index (κ1) is 15.6. The third-order valence-electron chi connectivity index (χ3n) is 3.16. The maximum absolute atomic E-state index is 12.8. The van der Waals surface area contributed by atoms with Crippen molar-refractivity contribution in [1.29, 1.82) is 0 Å². The number of benzene rings is 2. The van der Waals surface area contributed by atoms with E-state index in [4.69, 9.17) is 4.74 Å². The van der Waals surface area contributed by atoms with E-state index >= 15 is 0 Å². The van der Waals surface area contributed by atoms with Crippen molar-refractivity contribution in [3.63, 3.8) is 0 Å². The van der Waals surface area contributed by atoms with E-state index in [0.29, 0.717) is 18.0 Å². The molecule has 122 valence electrons. The van der Waals surface area contributed by atoms with Crippen molar-refractivity contribution >= 4 is 5.91 Å². The van der Waals surface area contributed by atoms with Gasteiger partial charge < -0.3 is 10.1 Å². The van der Waals surface area contributed by atoms with E-state index in [-0.39, 0.29) is 18.3 Å². The number of carbonyl (C=O) groups excluding carboxylic acids is 1. The fraction of sp³-hybridized carbons (Fsp3) is 0.125. The van der Waals surface area contributed by atoms with Crippen LogP contribution in [0.2, 0.25) is 0 Å². The number of ether oxygens (including phenoxy) is 1. The molecule has 0 spiro atoms. The maximum Gasteiger partial charge on any atom is 0.242 e. The molecule has 0 aliphatic heterocycles. The van der Waals surface area contributed by atoms with Gasteiger partial charge in [-0.3, -0.25) is 4.79 Å². The monoisotopic (exact) mass is 327 g/mol. The van der Waals surface area contributed by atoms with E-state index in [9.17, 15) is 9.18 Å². The molecule has 1 heterocycles. The fourth-order valence-electron chi connectivity index (χ4n) is 1.97. The van der Waals surface area contributed by atoms with E-state index in [1.807, 2.05) is 12.1 Å². The van der Waals surface area contributed by atoms with Crippen molar-refractivity contribution in [3.8, 4) is 11.5 Å². The summed E-state index contributed by atoms with van der Waals surface area (Å²) in [5, 5.41) is 13.3. The van der Waals surface area contributed by atoms with Crippen LogP contribution in [0.4, 0.5) is 4.39 Å². The smallest absolute Gasteiger partial charge is 0.242 e. The molecule has 1 N–H and O–H groups in total. The van der Waals surface area contributed by atoms with Gasteiger partial charge in [-0.05, 0) is 52.4 Å². The van der Waals surface area contributed by atoms with E-state index < -0.39 is 0 Å². The van der Waals surface area contributed by atoms with Crippen LogP contribution in [-0.4, -0.2) is 26.1 Å². The lowest BCUT2D eigenvalue weighted by Gasteiger charge is -2.08. The van der Waals surface area contributed by atoms with E-state index in [2.05, 4.69) is 20.8 Å². The van der Waals surface area contributed by atoms with Crippen LogP contribution in [0.25, 0.3) is 0 Å². The zero-order chi connectivity index (χ0) is 16.8. The predicted molar refractivity (Wildman–Crippen MR) is 82.6 cm³/mol. The molecule has 0 aliphatic carbocycles. The van der Waals surface area contributed by atoms with Crippen LogP contribution in [0, 0.1) is 5.82 Å². The van der Waals surface area contributed by atoms with Crippen LogP contribution in [0.1, 0.15) is 5.56 Å². The van der Waals surface area contributed by atoms with Crippen LogP contribution >= 0.6 is 0 Å². The zero-order valence-electron chi connectivity index (χ0n) is 12.6. The van der Waals surface area contributed by atoms with E-state index in [0.717, 1.165) is 5.56 Å². The summed E-state index contributed by atoms with van der Waals surface area (Å²) in [7, 11) is 0. The molecular formula is C16H14FN5O2. The van der Waals surface area contributed by atoms with Crippen molar-refractivity contribution < 1.29 is 13.9 Å². The molecule has 0 atom stereocenters. The van der Waals surface area contributed by atoms with Gasteiger partial charge in [-0.25, -0.2) is 9.07 Å². The average molecular weight is 327 g/mol. The molecule has 7 nitrogen and oxygen atoms in total. The number of rotatable bonds is 6. The highest BCUT2D eigenvalue weighted by Crippen LogP contribution is 2.21. The summed E-state index contributed by atoms with van der Waals surface area (Å²) < 4.78 is 19.8. The summed E-state index contributed by atoms with van der Waals surface area (Å²) in [4.78, 5) is 11.7. The lowest BCUT2D eigenvalue weighted by atomic mass is 10.2. The quantitative estimate of drug-likeness (QED) is 0.748. The minimum atomic E-state index is -0.310. The highest BCUT2D eigenvalue weighted by molar-refractivity contribution is 5.75. The third kappa shape index (κ3) is 4.35. The van der Waals surface area contributed by atoms with E-state index in [1.165, 1.54) is 23.1 Å². The Morgan fingerprint density at radius 2 is 1.75 bits per heavy atom. The second kappa shape index (κ2) is 7.32. The Bertz CT molecular complexity index is 788. The molecular weight excluding hydrogens is 313 g/mol. The largest absolute Gasteiger partial charge is 0.457 e. The second-order valence-corrected chi connectivity index (χ2v) is 4.98. The molecule has 0 saturated heterocycles. The molecule has 0 fully saturated rings. The summed E-state index contributed by atoms with van der Waals surface area (Å²) >= 11 is 0. The molecule has 1 aromatic heterocycles.